The van der Waals surface area contributed by atoms with E-state index < -0.39 is 28.2 Å². The zero-order valence-electron chi connectivity index (χ0n) is 14.2. The van der Waals surface area contributed by atoms with E-state index in [1.165, 1.54) is 24.3 Å². The zero-order chi connectivity index (χ0) is 19.8. The Kier molecular flexibility index (Phi) is 4.94. The molecule has 1 amide bonds. The van der Waals surface area contributed by atoms with Gasteiger partial charge in [0, 0.05) is 11.3 Å². The number of hydrogen-bond donors (Lipinski definition) is 3. The van der Waals surface area contributed by atoms with Gasteiger partial charge in [-0.3, -0.25) is 4.79 Å². The van der Waals surface area contributed by atoms with Gasteiger partial charge in [-0.1, -0.05) is 13.0 Å². The number of H-pyrrole nitrogens is 1. The maximum absolute atomic E-state index is 12.7. The van der Waals surface area contributed by atoms with Crippen molar-refractivity contribution >= 4 is 32.7 Å². The second-order valence-corrected chi connectivity index (χ2v) is 7.36. The number of sulfonamides is 1. The van der Waals surface area contributed by atoms with Crippen LogP contribution >= 0.6 is 0 Å². The number of rotatable bonds is 5. The average molecular weight is 394 g/mol. The number of hydrogen-bond acceptors (Lipinski definition) is 4. The minimum Gasteiger partial charge on any atom is -0.337 e. The van der Waals surface area contributed by atoms with Crippen molar-refractivity contribution in [3.63, 3.8) is 0 Å². The number of amides is 1. The molecule has 27 heavy (non-hydrogen) atoms. The van der Waals surface area contributed by atoms with E-state index in [0.717, 1.165) is 0 Å². The van der Waals surface area contributed by atoms with E-state index >= 15 is 0 Å². The first-order valence-corrected chi connectivity index (χ1v) is 9.48. The number of carbonyl (C=O) groups is 1. The number of primary sulfonamides is 1. The van der Waals surface area contributed by atoms with Gasteiger partial charge in [0.2, 0.25) is 10.0 Å². The Bertz CT molecular complexity index is 1130. The minimum absolute atomic E-state index is 0.0617. The molecule has 3 aromatic rings. The third-order valence-corrected chi connectivity index (χ3v) is 4.97. The van der Waals surface area contributed by atoms with Crippen LogP contribution in [0.4, 0.5) is 14.5 Å². The number of aromatic amines is 1. The Morgan fingerprint density at radius 2 is 2.00 bits per heavy atom. The third kappa shape index (κ3) is 3.96. The van der Waals surface area contributed by atoms with Crippen LogP contribution < -0.4 is 10.5 Å². The highest BCUT2D eigenvalue weighted by Crippen LogP contribution is 2.23. The molecule has 7 nitrogen and oxygen atoms in total. The summed E-state index contributed by atoms with van der Waals surface area (Å²) in [5.41, 5.74) is 1.59. The molecule has 2 aromatic carbocycles. The van der Waals surface area contributed by atoms with Gasteiger partial charge in [0.05, 0.1) is 15.9 Å². The highest BCUT2D eigenvalue weighted by Gasteiger charge is 2.17. The second kappa shape index (κ2) is 7.05. The summed E-state index contributed by atoms with van der Waals surface area (Å²) in [6.45, 7) is 1.79. The van der Waals surface area contributed by atoms with Gasteiger partial charge in [-0.15, -0.1) is 0 Å². The Morgan fingerprint density at radius 3 is 2.63 bits per heavy atom. The quantitative estimate of drug-likeness (QED) is 0.616. The number of anilines is 1. The largest absolute Gasteiger partial charge is 0.337 e. The highest BCUT2D eigenvalue weighted by molar-refractivity contribution is 7.89. The monoisotopic (exact) mass is 394 g/mol. The van der Waals surface area contributed by atoms with E-state index in [2.05, 4.69) is 15.3 Å². The molecule has 10 heteroatoms. The van der Waals surface area contributed by atoms with Gasteiger partial charge in [0.25, 0.3) is 12.3 Å². The minimum atomic E-state index is -3.94. The van der Waals surface area contributed by atoms with Crippen molar-refractivity contribution in [3.05, 3.63) is 53.3 Å². The van der Waals surface area contributed by atoms with Gasteiger partial charge < -0.3 is 10.3 Å². The molecule has 4 N–H and O–H groups in total. The Hall–Kier alpha value is -2.85. The fraction of sp³-hybridized carbons (Fsp3) is 0.176. The number of benzene rings is 2. The summed E-state index contributed by atoms with van der Waals surface area (Å²) in [5, 5.41) is 7.79. The lowest BCUT2D eigenvalue weighted by atomic mass is 10.1. The van der Waals surface area contributed by atoms with Gasteiger partial charge in [-0.25, -0.2) is 27.3 Å². The smallest absolute Gasteiger partial charge is 0.295 e. The topological polar surface area (TPSA) is 118 Å². The fourth-order valence-corrected chi connectivity index (χ4v) is 3.54. The predicted molar refractivity (Wildman–Crippen MR) is 96.2 cm³/mol. The lowest BCUT2D eigenvalue weighted by Gasteiger charge is -2.10. The van der Waals surface area contributed by atoms with Crippen molar-refractivity contribution < 1.29 is 22.0 Å². The first-order valence-electron chi connectivity index (χ1n) is 7.94. The van der Waals surface area contributed by atoms with Crippen LogP contribution in [0.15, 0.2) is 41.3 Å². The van der Waals surface area contributed by atoms with Crippen molar-refractivity contribution in [2.45, 2.75) is 24.7 Å². The highest BCUT2D eigenvalue weighted by atomic mass is 32.2. The maximum atomic E-state index is 12.7. The molecular formula is C17H16F2N4O3S. The number of aromatic nitrogens is 2. The Morgan fingerprint density at radius 1 is 1.26 bits per heavy atom. The summed E-state index contributed by atoms with van der Waals surface area (Å²) in [6.07, 6.45) is -2.29. The number of nitrogens with zero attached hydrogens (tertiary/aromatic N) is 1. The van der Waals surface area contributed by atoms with Crippen LogP contribution in [-0.2, 0) is 16.4 Å². The number of aryl methyl sites for hydroxylation is 1. The Labute approximate surface area is 153 Å². The molecule has 1 aromatic heterocycles. The van der Waals surface area contributed by atoms with Crippen LogP contribution in [-0.4, -0.2) is 24.3 Å². The zero-order valence-corrected chi connectivity index (χ0v) is 15.0. The van der Waals surface area contributed by atoms with E-state index in [4.69, 9.17) is 5.14 Å². The number of fused-ring (bicyclic) bond motifs is 1. The summed E-state index contributed by atoms with van der Waals surface area (Å²) < 4.78 is 48.9. The Balaban J connectivity index is 1.90. The standard InChI is InChI=1S/C17H16F2N4O3S/c1-2-9-3-5-11(8-14(9)27(20,25)26)21-17(24)10-4-6-12-13(7-10)23-16(22-12)15(18)19/h3-8,15H,2H2,1H3,(H,21,24)(H,22,23)(H2,20,25,26). The summed E-state index contributed by atoms with van der Waals surface area (Å²) in [6, 6.07) is 8.70. The van der Waals surface area contributed by atoms with Crippen LogP contribution in [0, 0.1) is 0 Å². The van der Waals surface area contributed by atoms with Gasteiger partial charge >= 0.3 is 0 Å². The van der Waals surface area contributed by atoms with Gasteiger partial charge in [-0.2, -0.15) is 0 Å². The van der Waals surface area contributed by atoms with Crippen LogP contribution in [0.5, 0.6) is 0 Å². The second-order valence-electron chi connectivity index (χ2n) is 5.83. The molecule has 0 unspecified atom stereocenters. The molecule has 0 aliphatic rings. The predicted octanol–water partition coefficient (Wildman–Crippen LogP) is 2.96. The van der Waals surface area contributed by atoms with Crippen molar-refractivity contribution in [1.82, 2.24) is 9.97 Å². The molecule has 0 radical (unpaired) electrons. The van der Waals surface area contributed by atoms with Crippen LogP contribution in [0.3, 0.4) is 0 Å². The molecule has 0 aliphatic carbocycles. The van der Waals surface area contributed by atoms with E-state index in [0.29, 0.717) is 23.0 Å². The van der Waals surface area contributed by atoms with Crippen molar-refractivity contribution in [3.8, 4) is 0 Å². The van der Waals surface area contributed by atoms with Gasteiger partial charge in [0.1, 0.15) is 0 Å². The number of alkyl halides is 2. The molecule has 3 rings (SSSR count). The molecule has 0 saturated heterocycles. The summed E-state index contributed by atoms with van der Waals surface area (Å²) in [7, 11) is -3.94. The van der Waals surface area contributed by atoms with Crippen molar-refractivity contribution in [2.75, 3.05) is 5.32 Å². The van der Waals surface area contributed by atoms with E-state index in [1.807, 2.05) is 0 Å². The van der Waals surface area contributed by atoms with Crippen molar-refractivity contribution in [2.24, 2.45) is 5.14 Å². The summed E-state index contributed by atoms with van der Waals surface area (Å²) in [5.74, 6) is -1.01. The number of halogens is 2. The molecular weight excluding hydrogens is 378 g/mol. The first kappa shape index (κ1) is 18.9. The molecule has 142 valence electrons. The molecule has 0 bridgehead atoms. The SMILES string of the molecule is CCc1ccc(NC(=O)c2ccc3nc(C(F)F)[nH]c3c2)cc1S(N)(=O)=O. The summed E-state index contributed by atoms with van der Waals surface area (Å²) >= 11 is 0. The van der Waals surface area contributed by atoms with Crippen molar-refractivity contribution in [1.29, 1.82) is 0 Å². The maximum Gasteiger partial charge on any atom is 0.295 e. The van der Waals surface area contributed by atoms with Gasteiger partial charge in [0.15, 0.2) is 5.82 Å². The van der Waals surface area contributed by atoms with Crippen LogP contribution in [0.2, 0.25) is 0 Å². The molecule has 0 spiro atoms. The molecule has 0 fully saturated rings. The number of imidazole rings is 1. The van der Waals surface area contributed by atoms with E-state index in [-0.39, 0.29) is 16.1 Å². The van der Waals surface area contributed by atoms with Crippen LogP contribution in [0.1, 0.15) is 35.1 Å². The number of nitrogens with two attached hydrogens (primary N) is 1. The average Bonchev–Trinajstić information content (AvgIpc) is 3.04. The molecule has 1 heterocycles. The van der Waals surface area contributed by atoms with Crippen LogP contribution in [0.25, 0.3) is 11.0 Å². The third-order valence-electron chi connectivity index (χ3n) is 3.98. The molecule has 0 atom stereocenters. The fourth-order valence-electron chi connectivity index (χ4n) is 2.67. The lowest BCUT2D eigenvalue weighted by Crippen LogP contribution is -2.16. The number of carbonyl (C=O) groups excluding carboxylic acids is 1. The summed E-state index contributed by atoms with van der Waals surface area (Å²) in [4.78, 5) is 18.6. The normalized spacial score (nSPS) is 11.9. The first-order chi connectivity index (χ1) is 12.7. The number of nitrogens with one attached hydrogen (secondary N) is 2. The molecule has 0 aliphatic heterocycles. The van der Waals surface area contributed by atoms with E-state index in [9.17, 15) is 22.0 Å². The van der Waals surface area contributed by atoms with E-state index in [1.54, 1.807) is 19.1 Å². The molecule has 0 saturated carbocycles. The van der Waals surface area contributed by atoms with Gasteiger partial charge in [-0.05, 0) is 42.3 Å². The lowest BCUT2D eigenvalue weighted by molar-refractivity contribution is 0.102.